The molecule has 0 spiro atoms. The molecule has 0 radical (unpaired) electrons. The summed E-state index contributed by atoms with van der Waals surface area (Å²) in [5, 5.41) is 46.2. The number of hydrogen-bond acceptors (Lipinski definition) is 12. The second-order valence-electron chi connectivity index (χ2n) is 19.8. The van der Waals surface area contributed by atoms with Crippen LogP contribution in [0.3, 0.4) is 0 Å². The van der Waals surface area contributed by atoms with E-state index in [9.17, 15) is 25.4 Å². The molecule has 6 unspecified atom stereocenters. The van der Waals surface area contributed by atoms with Gasteiger partial charge >= 0.3 is 0 Å². The minimum Gasteiger partial charge on any atom is -0.459 e. The van der Waals surface area contributed by atoms with Gasteiger partial charge in [-0.25, -0.2) is 0 Å². The van der Waals surface area contributed by atoms with Crippen LogP contribution in [0.25, 0.3) is 0 Å². The number of benzene rings is 3. The van der Waals surface area contributed by atoms with Crippen LogP contribution in [0.15, 0.2) is 90.1 Å². The summed E-state index contributed by atoms with van der Waals surface area (Å²) in [7, 11) is 0. The second-order valence-corrected chi connectivity index (χ2v) is 19.8. The Hall–Kier alpha value is -5.12. The van der Waals surface area contributed by atoms with Crippen molar-refractivity contribution < 1.29 is 48.8 Å². The predicted molar refractivity (Wildman–Crippen MR) is 280 cm³/mol. The summed E-state index contributed by atoms with van der Waals surface area (Å²) < 4.78 is 27.2. The van der Waals surface area contributed by atoms with Crippen LogP contribution < -0.4 is 9.47 Å². The predicted octanol–water partition coefficient (Wildman–Crippen LogP) is 11.6. The number of amides is 1. The highest BCUT2D eigenvalue weighted by Crippen LogP contribution is 2.62. The number of nitro groups is 1. The van der Waals surface area contributed by atoms with E-state index in [0.717, 1.165) is 68.1 Å². The maximum atomic E-state index is 15.1. The zero-order valence-corrected chi connectivity index (χ0v) is 43.1. The summed E-state index contributed by atoms with van der Waals surface area (Å²) in [6.07, 6.45) is 19.0. The van der Waals surface area contributed by atoms with Gasteiger partial charge < -0.3 is 44.0 Å². The molecule has 0 saturated heterocycles. The number of non-ortho nitro benzene ring substituents is 1. The Kier molecular flexibility index (Phi) is 22.6. The van der Waals surface area contributed by atoms with Gasteiger partial charge in [0.1, 0.15) is 29.9 Å². The van der Waals surface area contributed by atoms with E-state index in [1.54, 1.807) is 18.2 Å². The molecule has 1 saturated carbocycles. The first-order valence-corrected chi connectivity index (χ1v) is 26.8. The molecule has 394 valence electrons. The van der Waals surface area contributed by atoms with E-state index in [2.05, 4.69) is 39.5 Å². The van der Waals surface area contributed by atoms with Crippen molar-refractivity contribution in [1.82, 2.24) is 4.90 Å². The number of unbranched alkanes of at least 4 members (excludes halogenated alkanes) is 10. The zero-order chi connectivity index (χ0) is 51.3. The number of rotatable bonds is 33. The molecule has 14 nitrogen and oxygen atoms in total. The van der Waals surface area contributed by atoms with Crippen LogP contribution in [0, 0.1) is 41.7 Å². The standard InChI is InChI=1S/C58H81N3O11/c1-5-7-8-9-10-11-12-13-14-21-55(65)60(30-35-68-36-33-64)54-40-52(59-70-41-44-23-25-46(26-24-44)61(66)67)50-38-45(19-15-17-31-62)49(20-16-18-32-63)56-51-39-48(71-47-27-22-42(3)43(4)37-47)28-29-53(51)72-58(54,57(50)56)69-34-6-2/h6,22-29,37-39,45,49,54,56-57,62-64H,2,5,7-21,30-36,40-41H2,1,3-4H3. The first-order chi connectivity index (χ1) is 35.1. The summed E-state index contributed by atoms with van der Waals surface area (Å²) in [4.78, 5) is 34.2. The minimum absolute atomic E-state index is 0.00950. The number of aliphatic hydroxyl groups is 3. The lowest BCUT2D eigenvalue weighted by molar-refractivity contribution is -0.384. The normalized spacial score (nSPS) is 21.6. The Balaban J connectivity index is 1.50. The molecule has 1 aliphatic heterocycles. The van der Waals surface area contributed by atoms with E-state index in [0.29, 0.717) is 47.8 Å². The van der Waals surface area contributed by atoms with Gasteiger partial charge in [-0.1, -0.05) is 94.5 Å². The van der Waals surface area contributed by atoms with Gasteiger partial charge in [-0.05, 0) is 123 Å². The average Bonchev–Trinajstić information content (AvgIpc) is 3.38. The number of nitrogens with zero attached hydrogens (tertiary/aromatic N) is 3. The van der Waals surface area contributed by atoms with Crippen LogP contribution in [-0.2, 0) is 25.7 Å². The van der Waals surface area contributed by atoms with Crippen molar-refractivity contribution in [1.29, 1.82) is 0 Å². The third-order valence-corrected chi connectivity index (χ3v) is 14.8. The summed E-state index contributed by atoms with van der Waals surface area (Å²) in [6, 6.07) is 17.5. The third-order valence-electron chi connectivity index (χ3n) is 14.8. The number of nitro benzene ring substituents is 1. The number of hydrogen-bond donors (Lipinski definition) is 3. The molecule has 72 heavy (non-hydrogen) atoms. The van der Waals surface area contributed by atoms with Gasteiger partial charge in [-0.15, -0.1) is 6.58 Å². The van der Waals surface area contributed by atoms with Crippen molar-refractivity contribution in [3.8, 4) is 17.2 Å². The monoisotopic (exact) mass is 996 g/mol. The summed E-state index contributed by atoms with van der Waals surface area (Å²) in [6.45, 7) is 11.1. The lowest BCUT2D eigenvalue weighted by Crippen LogP contribution is -2.70. The molecule has 2 aliphatic carbocycles. The van der Waals surface area contributed by atoms with Crippen molar-refractivity contribution in [2.24, 2.45) is 22.9 Å². The number of ether oxygens (including phenoxy) is 4. The lowest BCUT2D eigenvalue weighted by atomic mass is 9.55. The molecule has 1 amide bonds. The molecule has 3 aromatic carbocycles. The Bertz CT molecular complexity index is 2250. The molecule has 0 bridgehead atoms. The fourth-order valence-electron chi connectivity index (χ4n) is 11.0. The van der Waals surface area contributed by atoms with Gasteiger partial charge in [0.05, 0.1) is 43.0 Å². The molecule has 14 heteroatoms. The highest BCUT2D eigenvalue weighted by atomic mass is 16.7. The number of carbonyl (C=O) groups excluding carboxylic acids is 1. The molecule has 1 heterocycles. The SMILES string of the molecule is C=CCOC12Oc3ccc(Oc4ccc(C)c(C)c4)cc3C3C(CCCCO)C(CCCCO)C=C(C(=NOCc4ccc([N+](=O)[O-])cc4)CC1N(CCOCCO)C(=O)CCCCCCCCCCC)C32. The van der Waals surface area contributed by atoms with Crippen molar-refractivity contribution in [2.75, 3.05) is 46.2 Å². The Morgan fingerprint density at radius 3 is 2.24 bits per heavy atom. The van der Waals surface area contributed by atoms with E-state index in [1.807, 2.05) is 35.2 Å². The van der Waals surface area contributed by atoms with E-state index < -0.39 is 22.7 Å². The molecule has 6 rings (SSSR count). The Morgan fingerprint density at radius 2 is 1.56 bits per heavy atom. The van der Waals surface area contributed by atoms with Crippen molar-refractivity contribution >= 4 is 17.3 Å². The lowest BCUT2D eigenvalue weighted by Gasteiger charge is -2.60. The van der Waals surface area contributed by atoms with Gasteiger partial charge in [0.15, 0.2) is 0 Å². The number of aryl methyl sites for hydroxylation is 2. The highest BCUT2D eigenvalue weighted by Gasteiger charge is 2.65. The Morgan fingerprint density at radius 1 is 0.861 bits per heavy atom. The number of oxime groups is 1. The zero-order valence-electron chi connectivity index (χ0n) is 43.1. The molecular weight excluding hydrogens is 915 g/mol. The van der Waals surface area contributed by atoms with Crippen molar-refractivity contribution in [2.45, 2.75) is 154 Å². The van der Waals surface area contributed by atoms with E-state index in [4.69, 9.17) is 28.9 Å². The average molecular weight is 996 g/mol. The van der Waals surface area contributed by atoms with Crippen LogP contribution >= 0.6 is 0 Å². The number of carbonyl (C=O) groups is 1. The highest BCUT2D eigenvalue weighted by molar-refractivity contribution is 6.03. The second kappa shape index (κ2) is 28.9. The number of aliphatic hydroxyl groups excluding tert-OH is 3. The van der Waals surface area contributed by atoms with E-state index in [-0.39, 0.29) is 88.6 Å². The van der Waals surface area contributed by atoms with Crippen LogP contribution in [0.5, 0.6) is 17.2 Å². The van der Waals surface area contributed by atoms with Gasteiger partial charge in [0.25, 0.3) is 5.69 Å². The molecule has 3 aromatic rings. The minimum atomic E-state index is -1.46. The molecular formula is C58H81N3O11. The van der Waals surface area contributed by atoms with Gasteiger partial charge in [-0.2, -0.15) is 0 Å². The Labute approximate surface area is 427 Å². The van der Waals surface area contributed by atoms with Crippen molar-refractivity contribution in [3.63, 3.8) is 0 Å². The van der Waals surface area contributed by atoms with E-state index >= 15 is 4.79 Å². The maximum absolute atomic E-state index is 15.1. The number of allylic oxidation sites excluding steroid dienone is 1. The van der Waals surface area contributed by atoms with Crippen molar-refractivity contribution in [3.05, 3.63) is 117 Å². The first kappa shape index (κ1) is 56.2. The molecule has 6 atom stereocenters. The molecule has 0 aromatic heterocycles. The largest absolute Gasteiger partial charge is 0.459 e. The van der Waals surface area contributed by atoms with E-state index in [1.165, 1.54) is 49.8 Å². The third kappa shape index (κ3) is 14.8. The summed E-state index contributed by atoms with van der Waals surface area (Å²) in [5.74, 6) is -0.295. The molecule has 3 N–H and O–H groups in total. The fraction of sp³-hybridized carbons (Fsp3) is 0.586. The molecule has 3 aliphatic rings. The van der Waals surface area contributed by atoms with Gasteiger partial charge in [0.2, 0.25) is 11.7 Å². The maximum Gasteiger partial charge on any atom is 0.269 e. The topological polar surface area (TPSA) is 183 Å². The number of fused-ring (bicyclic) bond motifs is 2. The quantitative estimate of drug-likeness (QED) is 0.0228. The summed E-state index contributed by atoms with van der Waals surface area (Å²) in [5.41, 5.74) is 5.43. The van der Waals surface area contributed by atoms with Crippen LogP contribution in [0.2, 0.25) is 0 Å². The fourth-order valence-corrected chi connectivity index (χ4v) is 11.0. The summed E-state index contributed by atoms with van der Waals surface area (Å²) >= 11 is 0. The van der Waals surface area contributed by atoms with Gasteiger partial charge in [-0.3, -0.25) is 14.9 Å². The van der Waals surface area contributed by atoms with Crippen LogP contribution in [-0.4, -0.2) is 94.8 Å². The first-order valence-electron chi connectivity index (χ1n) is 26.8. The van der Waals surface area contributed by atoms with Crippen LogP contribution in [0.4, 0.5) is 5.69 Å². The molecule has 1 fully saturated rings. The van der Waals surface area contributed by atoms with Gasteiger partial charge in [0, 0.05) is 56.2 Å². The smallest absolute Gasteiger partial charge is 0.269 e. The van der Waals surface area contributed by atoms with Crippen LogP contribution in [0.1, 0.15) is 144 Å².